The Balaban J connectivity index is 3.36. The average molecular weight is 238 g/mol. The lowest BCUT2D eigenvalue weighted by Crippen LogP contribution is -1.76. The van der Waals surface area contributed by atoms with E-state index in [-0.39, 0.29) is 15.2 Å². The summed E-state index contributed by atoms with van der Waals surface area (Å²) in [6, 6.07) is 2.43. The molecule has 11 heavy (non-hydrogen) atoms. The molecule has 0 atom stereocenters. The van der Waals surface area contributed by atoms with E-state index in [9.17, 15) is 9.30 Å². The fraction of sp³-hybridized carbons (Fsp3) is 0. The van der Waals surface area contributed by atoms with Crippen LogP contribution in [0.2, 0.25) is 5.02 Å². The van der Waals surface area contributed by atoms with E-state index in [0.717, 1.165) is 6.07 Å². The van der Waals surface area contributed by atoms with Crippen LogP contribution in [0.5, 0.6) is 0 Å². The molecular weight excluding hydrogens is 236 g/mol. The first-order valence-electron chi connectivity index (χ1n) is 2.63. The van der Waals surface area contributed by atoms with Crippen molar-refractivity contribution in [3.63, 3.8) is 0 Å². The van der Waals surface area contributed by atoms with Crippen molar-refractivity contribution in [3.8, 4) is 0 Å². The summed E-state index contributed by atoms with van der Waals surface area (Å²) in [6.07, 6.45) is 0. The van der Waals surface area contributed by atoms with E-state index in [4.69, 9.17) is 11.6 Å². The molecular formula is C6H2BrClFNO. The molecule has 0 aliphatic carbocycles. The predicted octanol–water partition coefficient (Wildman–Crippen LogP) is 3.64. The molecule has 0 bridgehead atoms. The molecule has 1 rings (SSSR count). The Morgan fingerprint density at radius 2 is 2.18 bits per heavy atom. The third kappa shape index (κ3) is 1.75. The number of halogens is 3. The lowest BCUT2D eigenvalue weighted by Gasteiger charge is -1.96. The molecule has 0 radical (unpaired) electrons. The van der Waals surface area contributed by atoms with Crippen LogP contribution in [-0.4, -0.2) is 0 Å². The van der Waals surface area contributed by atoms with Gasteiger partial charge >= 0.3 is 0 Å². The standard InChI is InChI=1S/C6H2BrClFNO/c7-4-1-3(8)2-5(9)6(4)10-11/h1-2H. The molecule has 0 spiro atoms. The van der Waals surface area contributed by atoms with Gasteiger partial charge in [-0.25, -0.2) is 4.39 Å². The fourth-order valence-corrected chi connectivity index (χ4v) is 1.47. The molecule has 1 aromatic rings. The van der Waals surface area contributed by atoms with Gasteiger partial charge in [0, 0.05) is 5.02 Å². The maximum absolute atomic E-state index is 12.7. The Morgan fingerprint density at radius 3 is 2.64 bits per heavy atom. The van der Waals surface area contributed by atoms with Gasteiger partial charge in [0.05, 0.1) is 4.47 Å². The Bertz CT molecular complexity index is 282. The van der Waals surface area contributed by atoms with Crippen LogP contribution in [0.4, 0.5) is 10.1 Å². The summed E-state index contributed by atoms with van der Waals surface area (Å²) in [5.74, 6) is -0.723. The first-order valence-corrected chi connectivity index (χ1v) is 3.80. The summed E-state index contributed by atoms with van der Waals surface area (Å²) in [7, 11) is 0. The number of hydrogen-bond donors (Lipinski definition) is 0. The minimum Gasteiger partial charge on any atom is -0.204 e. The van der Waals surface area contributed by atoms with Crippen LogP contribution in [0.3, 0.4) is 0 Å². The molecule has 0 aliphatic rings. The van der Waals surface area contributed by atoms with Crippen LogP contribution in [0.1, 0.15) is 0 Å². The number of benzene rings is 1. The van der Waals surface area contributed by atoms with Crippen LogP contribution in [-0.2, 0) is 0 Å². The molecule has 0 saturated carbocycles. The third-order valence-corrected chi connectivity index (χ3v) is 1.90. The smallest absolute Gasteiger partial charge is 0.157 e. The van der Waals surface area contributed by atoms with Gasteiger partial charge in [0.2, 0.25) is 0 Å². The highest BCUT2D eigenvalue weighted by molar-refractivity contribution is 9.10. The van der Waals surface area contributed by atoms with E-state index in [0.29, 0.717) is 0 Å². The molecule has 58 valence electrons. The first kappa shape index (κ1) is 8.62. The van der Waals surface area contributed by atoms with Gasteiger partial charge in [-0.3, -0.25) is 0 Å². The van der Waals surface area contributed by atoms with Crippen LogP contribution in [0.25, 0.3) is 0 Å². The van der Waals surface area contributed by atoms with Crippen LogP contribution >= 0.6 is 27.5 Å². The summed E-state index contributed by atoms with van der Waals surface area (Å²) in [5.41, 5.74) is -0.255. The fourth-order valence-electron chi connectivity index (χ4n) is 0.622. The summed E-state index contributed by atoms with van der Waals surface area (Å²) in [6.45, 7) is 0. The van der Waals surface area contributed by atoms with E-state index in [2.05, 4.69) is 21.1 Å². The van der Waals surface area contributed by atoms with Gasteiger partial charge in [-0.2, -0.15) is 0 Å². The van der Waals surface area contributed by atoms with Crippen LogP contribution < -0.4 is 0 Å². The van der Waals surface area contributed by atoms with E-state index in [1.54, 1.807) is 0 Å². The Hall–Kier alpha value is -0.480. The zero-order valence-corrected chi connectivity index (χ0v) is 7.49. The zero-order valence-electron chi connectivity index (χ0n) is 5.14. The molecule has 0 aliphatic heterocycles. The normalized spacial score (nSPS) is 9.73. The quantitative estimate of drug-likeness (QED) is 0.687. The molecule has 0 heterocycles. The Kier molecular flexibility index (Phi) is 2.57. The molecule has 0 fully saturated rings. The maximum Gasteiger partial charge on any atom is 0.157 e. The van der Waals surface area contributed by atoms with Gasteiger partial charge in [-0.15, -0.1) is 4.91 Å². The zero-order chi connectivity index (χ0) is 8.43. The second-order valence-electron chi connectivity index (χ2n) is 1.81. The summed E-state index contributed by atoms with van der Waals surface area (Å²) in [5, 5.41) is 2.70. The summed E-state index contributed by atoms with van der Waals surface area (Å²) in [4.78, 5) is 10.00. The predicted molar refractivity (Wildman–Crippen MR) is 44.6 cm³/mol. The molecule has 0 saturated heterocycles. The third-order valence-electron chi connectivity index (χ3n) is 1.07. The van der Waals surface area contributed by atoms with Crippen molar-refractivity contribution in [2.75, 3.05) is 0 Å². The lowest BCUT2D eigenvalue weighted by atomic mass is 10.3. The van der Waals surface area contributed by atoms with E-state index < -0.39 is 5.82 Å². The second-order valence-corrected chi connectivity index (χ2v) is 3.10. The molecule has 5 heteroatoms. The molecule has 0 amide bonds. The van der Waals surface area contributed by atoms with Crippen LogP contribution in [0, 0.1) is 10.7 Å². The monoisotopic (exact) mass is 237 g/mol. The van der Waals surface area contributed by atoms with Crippen molar-refractivity contribution in [1.29, 1.82) is 0 Å². The number of hydrogen-bond acceptors (Lipinski definition) is 2. The van der Waals surface area contributed by atoms with E-state index >= 15 is 0 Å². The number of nitroso groups, excluding NO2 is 1. The minimum atomic E-state index is -0.723. The van der Waals surface area contributed by atoms with Crippen molar-refractivity contribution in [3.05, 3.63) is 32.4 Å². The minimum absolute atomic E-state index is 0.224. The van der Waals surface area contributed by atoms with Gasteiger partial charge in [0.25, 0.3) is 0 Å². The van der Waals surface area contributed by atoms with Gasteiger partial charge < -0.3 is 0 Å². The highest BCUT2D eigenvalue weighted by Crippen LogP contribution is 2.31. The van der Waals surface area contributed by atoms with E-state index in [1.165, 1.54) is 6.07 Å². The van der Waals surface area contributed by atoms with Crippen molar-refractivity contribution in [2.24, 2.45) is 5.18 Å². The molecule has 0 aromatic heterocycles. The van der Waals surface area contributed by atoms with Gasteiger partial charge in [0.15, 0.2) is 11.5 Å². The van der Waals surface area contributed by atoms with Crippen molar-refractivity contribution in [2.45, 2.75) is 0 Å². The number of rotatable bonds is 1. The van der Waals surface area contributed by atoms with Crippen LogP contribution in [0.15, 0.2) is 21.8 Å². The largest absolute Gasteiger partial charge is 0.204 e. The Morgan fingerprint density at radius 1 is 1.55 bits per heavy atom. The van der Waals surface area contributed by atoms with E-state index in [1.807, 2.05) is 0 Å². The lowest BCUT2D eigenvalue weighted by molar-refractivity contribution is 0.629. The Labute approximate surface area is 75.5 Å². The summed E-state index contributed by atoms with van der Waals surface area (Å²) < 4.78 is 13.0. The SMILES string of the molecule is O=Nc1c(F)cc(Cl)cc1Br. The molecule has 2 nitrogen and oxygen atoms in total. The van der Waals surface area contributed by atoms with Crippen molar-refractivity contribution < 1.29 is 4.39 Å². The molecule has 0 N–H and O–H groups in total. The molecule has 0 unspecified atom stereocenters. The maximum atomic E-state index is 12.7. The average Bonchev–Trinajstić information content (AvgIpc) is 1.85. The number of nitrogens with zero attached hydrogens (tertiary/aromatic N) is 1. The highest BCUT2D eigenvalue weighted by Gasteiger charge is 2.08. The first-order chi connectivity index (χ1) is 5.15. The van der Waals surface area contributed by atoms with Crippen molar-refractivity contribution in [1.82, 2.24) is 0 Å². The second kappa shape index (κ2) is 3.28. The highest BCUT2D eigenvalue weighted by atomic mass is 79.9. The molecule has 1 aromatic carbocycles. The van der Waals surface area contributed by atoms with Gasteiger partial charge in [-0.1, -0.05) is 11.6 Å². The van der Waals surface area contributed by atoms with Gasteiger partial charge in [-0.05, 0) is 33.2 Å². The van der Waals surface area contributed by atoms with Crippen molar-refractivity contribution >= 4 is 33.2 Å². The topological polar surface area (TPSA) is 29.4 Å². The van der Waals surface area contributed by atoms with Gasteiger partial charge in [0.1, 0.15) is 0 Å². The summed E-state index contributed by atoms with van der Waals surface area (Å²) >= 11 is 8.41.